The highest BCUT2D eigenvalue weighted by Gasteiger charge is 2.26. The zero-order valence-electron chi connectivity index (χ0n) is 27.7. The second-order valence-corrected chi connectivity index (χ2v) is 11.9. The first-order valence-corrected chi connectivity index (χ1v) is 16.3. The lowest BCUT2D eigenvalue weighted by Crippen LogP contribution is -2.45. The van der Waals surface area contributed by atoms with E-state index in [-0.39, 0.29) is 47.6 Å². The molecule has 0 fully saturated rings. The molecule has 0 saturated carbocycles. The van der Waals surface area contributed by atoms with Gasteiger partial charge >= 0.3 is 17.9 Å². The van der Waals surface area contributed by atoms with Gasteiger partial charge in [-0.25, -0.2) is 14.4 Å². The quantitative estimate of drug-likeness (QED) is 0.0987. The predicted octanol–water partition coefficient (Wildman–Crippen LogP) is 6.56. The molecule has 11 heteroatoms. The van der Waals surface area contributed by atoms with Gasteiger partial charge < -0.3 is 30.2 Å². The molecule has 6 aromatic rings. The van der Waals surface area contributed by atoms with Crippen molar-refractivity contribution in [2.75, 3.05) is 5.32 Å². The van der Waals surface area contributed by atoms with Crippen molar-refractivity contribution in [2.24, 2.45) is 0 Å². The van der Waals surface area contributed by atoms with E-state index in [4.69, 9.17) is 9.47 Å². The van der Waals surface area contributed by atoms with Crippen LogP contribution in [0.2, 0.25) is 0 Å². The number of hydrogen-bond acceptors (Lipinski definition) is 7. The van der Waals surface area contributed by atoms with E-state index in [1.807, 2.05) is 42.5 Å². The fraction of sp³-hybridized carbons (Fsp3) is 0.0976. The van der Waals surface area contributed by atoms with E-state index < -0.39 is 35.8 Å². The fourth-order valence-electron chi connectivity index (χ4n) is 5.54. The van der Waals surface area contributed by atoms with Crippen LogP contribution in [0.4, 0.5) is 5.69 Å². The molecule has 4 N–H and O–H groups in total. The minimum Gasteiger partial charge on any atom is -0.478 e. The van der Waals surface area contributed by atoms with E-state index in [2.05, 4.69) is 15.6 Å². The summed E-state index contributed by atoms with van der Waals surface area (Å²) < 4.78 is 11.0. The van der Waals surface area contributed by atoms with E-state index in [1.165, 1.54) is 30.3 Å². The first-order chi connectivity index (χ1) is 25.2. The normalized spacial score (nSPS) is 11.3. The van der Waals surface area contributed by atoms with Crippen LogP contribution in [0.25, 0.3) is 10.9 Å². The van der Waals surface area contributed by atoms with Crippen molar-refractivity contribution in [3.05, 3.63) is 173 Å². The number of H-pyrrole nitrogens is 1. The Balaban J connectivity index is 1.28. The Labute approximate surface area is 298 Å². The maximum Gasteiger partial charge on any atom is 0.338 e. The van der Waals surface area contributed by atoms with Gasteiger partial charge in [0.1, 0.15) is 19.3 Å². The first-order valence-electron chi connectivity index (χ1n) is 16.3. The van der Waals surface area contributed by atoms with Gasteiger partial charge in [0.15, 0.2) is 0 Å². The number of carbonyl (C=O) groups excluding carboxylic acids is 4. The molecule has 0 saturated heterocycles. The van der Waals surface area contributed by atoms with Crippen LogP contribution >= 0.6 is 0 Å². The Morgan fingerprint density at radius 2 is 1.17 bits per heavy atom. The zero-order valence-corrected chi connectivity index (χ0v) is 27.7. The van der Waals surface area contributed by atoms with Crippen LogP contribution in [-0.4, -0.2) is 45.9 Å². The molecule has 11 nitrogen and oxygen atoms in total. The lowest BCUT2D eigenvalue weighted by Gasteiger charge is -2.20. The molecule has 0 radical (unpaired) electrons. The summed E-state index contributed by atoms with van der Waals surface area (Å²) in [6.45, 7) is -0.0514. The SMILES string of the molecule is O=C(OCc1ccccc1)c1cc(NC(=O)[C@H](Cc2ccccc2)NC(=O)c2cc3cc[nH]c3cc2C(=O)O)cc(C(=O)OCc2ccccc2)c1. The number of fused-ring (bicyclic) bond motifs is 1. The van der Waals surface area contributed by atoms with Gasteiger partial charge in [0.25, 0.3) is 5.91 Å². The summed E-state index contributed by atoms with van der Waals surface area (Å²) in [5.41, 5.74) is 2.42. The number of anilines is 1. The highest BCUT2D eigenvalue weighted by Crippen LogP contribution is 2.22. The number of esters is 2. The summed E-state index contributed by atoms with van der Waals surface area (Å²) >= 11 is 0. The summed E-state index contributed by atoms with van der Waals surface area (Å²) in [6, 6.07) is 34.4. The van der Waals surface area contributed by atoms with Crippen LogP contribution in [0.3, 0.4) is 0 Å². The number of benzene rings is 5. The number of aromatic carboxylic acids is 1. The highest BCUT2D eigenvalue weighted by molar-refractivity contribution is 6.10. The molecule has 1 heterocycles. The van der Waals surface area contributed by atoms with Gasteiger partial charge in [0, 0.05) is 29.2 Å². The molecule has 6 rings (SSSR count). The van der Waals surface area contributed by atoms with Crippen LogP contribution in [0.5, 0.6) is 0 Å². The highest BCUT2D eigenvalue weighted by atomic mass is 16.5. The average molecular weight is 696 g/mol. The Bertz CT molecular complexity index is 2160. The van der Waals surface area contributed by atoms with E-state index in [0.717, 1.165) is 11.1 Å². The molecule has 260 valence electrons. The summed E-state index contributed by atoms with van der Waals surface area (Å²) in [7, 11) is 0. The van der Waals surface area contributed by atoms with Gasteiger partial charge in [-0.1, -0.05) is 91.0 Å². The van der Waals surface area contributed by atoms with Crippen molar-refractivity contribution < 1.29 is 38.6 Å². The molecule has 0 bridgehead atoms. The summed E-state index contributed by atoms with van der Waals surface area (Å²) in [6.07, 6.45) is 1.67. The standard InChI is InChI=1S/C41H33N3O8/c45-37(33-22-29-16-17-42-35(29)23-34(33)39(47)48)44-36(18-26-10-4-1-5-11-26)38(46)43-32-20-30(40(49)51-24-27-12-6-2-7-13-27)19-31(21-32)41(50)52-25-28-14-8-3-9-15-28/h1-17,19-23,36,42H,18,24-25H2,(H,43,46)(H,44,45)(H,47,48)/t36-/m0/s1. The Morgan fingerprint density at radius 3 is 1.71 bits per heavy atom. The van der Waals surface area contributed by atoms with E-state index in [0.29, 0.717) is 16.5 Å². The molecule has 0 aliphatic heterocycles. The van der Waals surface area contributed by atoms with Gasteiger partial charge in [0.2, 0.25) is 5.91 Å². The lowest BCUT2D eigenvalue weighted by atomic mass is 10.0. The van der Waals surface area contributed by atoms with E-state index >= 15 is 0 Å². The van der Waals surface area contributed by atoms with E-state index in [9.17, 15) is 29.1 Å². The molecule has 0 aliphatic rings. The molecule has 2 amide bonds. The van der Waals surface area contributed by atoms with Crippen LogP contribution in [-0.2, 0) is 33.9 Å². The lowest BCUT2D eigenvalue weighted by molar-refractivity contribution is -0.118. The van der Waals surface area contributed by atoms with Crippen LogP contribution < -0.4 is 10.6 Å². The van der Waals surface area contributed by atoms with Gasteiger partial charge in [-0.2, -0.15) is 0 Å². The van der Waals surface area contributed by atoms with Crippen LogP contribution in [0, 0.1) is 0 Å². The number of carboxylic acid groups (broad SMARTS) is 1. The number of nitrogens with one attached hydrogen (secondary N) is 3. The second-order valence-electron chi connectivity index (χ2n) is 11.9. The van der Waals surface area contributed by atoms with Crippen molar-refractivity contribution in [3.8, 4) is 0 Å². The molecule has 0 spiro atoms. The number of carboxylic acids is 1. The minimum absolute atomic E-state index is 0.0186. The molecule has 1 aromatic heterocycles. The van der Waals surface area contributed by atoms with Crippen molar-refractivity contribution in [2.45, 2.75) is 25.7 Å². The van der Waals surface area contributed by atoms with Gasteiger partial charge in [-0.05, 0) is 53.1 Å². The smallest absolute Gasteiger partial charge is 0.338 e. The van der Waals surface area contributed by atoms with Gasteiger partial charge in [0.05, 0.1) is 22.3 Å². The zero-order chi connectivity index (χ0) is 36.5. The van der Waals surface area contributed by atoms with Crippen molar-refractivity contribution >= 4 is 46.3 Å². The number of rotatable bonds is 13. The third-order valence-electron chi connectivity index (χ3n) is 8.17. The number of aromatic amines is 1. The molecular formula is C41H33N3O8. The maximum absolute atomic E-state index is 14.0. The van der Waals surface area contributed by atoms with Crippen molar-refractivity contribution in [1.82, 2.24) is 10.3 Å². The molecular weight excluding hydrogens is 662 g/mol. The first kappa shape index (κ1) is 34.8. The number of amides is 2. The summed E-state index contributed by atoms with van der Waals surface area (Å²) in [4.78, 5) is 69.2. The molecule has 0 aliphatic carbocycles. The Hall–Kier alpha value is -7.01. The third kappa shape index (κ3) is 8.77. The second kappa shape index (κ2) is 16.1. The Kier molecular flexibility index (Phi) is 10.8. The number of ether oxygens (including phenoxy) is 2. The predicted molar refractivity (Wildman–Crippen MR) is 193 cm³/mol. The molecule has 1 atom stereocenters. The van der Waals surface area contributed by atoms with Gasteiger partial charge in [-0.15, -0.1) is 0 Å². The maximum atomic E-state index is 14.0. The number of aromatic nitrogens is 1. The van der Waals surface area contributed by atoms with Crippen LogP contribution in [0.15, 0.2) is 134 Å². The average Bonchev–Trinajstić information content (AvgIpc) is 3.64. The van der Waals surface area contributed by atoms with Crippen molar-refractivity contribution in [3.63, 3.8) is 0 Å². The van der Waals surface area contributed by atoms with Crippen LogP contribution in [0.1, 0.15) is 58.1 Å². The Morgan fingerprint density at radius 1 is 0.635 bits per heavy atom. The summed E-state index contributed by atoms with van der Waals surface area (Å²) in [5.74, 6) is -4.26. The molecule has 0 unspecified atom stereocenters. The van der Waals surface area contributed by atoms with E-state index in [1.54, 1.807) is 60.8 Å². The minimum atomic E-state index is -1.31. The summed E-state index contributed by atoms with van der Waals surface area (Å²) in [5, 5.41) is 15.9. The van der Waals surface area contributed by atoms with Gasteiger partial charge in [-0.3, -0.25) is 9.59 Å². The number of hydrogen-bond donors (Lipinski definition) is 4. The molecule has 52 heavy (non-hydrogen) atoms. The monoisotopic (exact) mass is 695 g/mol. The fourth-order valence-corrected chi connectivity index (χ4v) is 5.54. The van der Waals surface area contributed by atoms with Crippen molar-refractivity contribution in [1.29, 1.82) is 0 Å². The third-order valence-corrected chi connectivity index (χ3v) is 8.17. The molecule has 5 aromatic carbocycles. The topological polar surface area (TPSA) is 164 Å². The number of carbonyl (C=O) groups is 5. The largest absolute Gasteiger partial charge is 0.478 e.